The molecule has 1 fully saturated rings. The van der Waals surface area contributed by atoms with Crippen LogP contribution in [0.25, 0.3) is 0 Å². The van der Waals surface area contributed by atoms with Crippen molar-refractivity contribution >= 4 is 5.78 Å². The number of nitriles is 1. The van der Waals surface area contributed by atoms with Crippen molar-refractivity contribution in [1.29, 1.82) is 5.26 Å². The van der Waals surface area contributed by atoms with Gasteiger partial charge in [0.25, 0.3) is 0 Å². The molecule has 0 saturated heterocycles. The molecule has 3 nitrogen and oxygen atoms in total. The van der Waals surface area contributed by atoms with Gasteiger partial charge in [0.05, 0.1) is 13.2 Å². The van der Waals surface area contributed by atoms with Crippen LogP contribution in [0.15, 0.2) is 24.3 Å². The minimum atomic E-state index is -0.642. The van der Waals surface area contributed by atoms with Crippen molar-refractivity contribution < 1.29 is 9.53 Å². The Bertz CT molecular complexity index is 486. The molecule has 0 radical (unpaired) electrons. The van der Waals surface area contributed by atoms with Crippen molar-refractivity contribution in [3.05, 3.63) is 29.8 Å². The summed E-state index contributed by atoms with van der Waals surface area (Å²) in [5.74, 6) is 0.629. The van der Waals surface area contributed by atoms with Crippen LogP contribution in [-0.4, -0.2) is 12.9 Å². The van der Waals surface area contributed by atoms with Gasteiger partial charge >= 0.3 is 0 Å². The molecule has 0 spiro atoms. The molecule has 19 heavy (non-hydrogen) atoms. The fourth-order valence-electron chi connectivity index (χ4n) is 2.88. The van der Waals surface area contributed by atoms with E-state index in [-0.39, 0.29) is 11.7 Å². The van der Waals surface area contributed by atoms with Crippen LogP contribution >= 0.6 is 0 Å². The molecule has 0 aliphatic heterocycles. The molecule has 1 aliphatic rings. The number of rotatable bonds is 4. The minimum Gasteiger partial charge on any atom is -0.497 e. The van der Waals surface area contributed by atoms with E-state index < -0.39 is 5.92 Å². The average Bonchev–Trinajstić information content (AvgIpc) is 2.86. The molecule has 1 aromatic rings. The lowest BCUT2D eigenvalue weighted by Crippen LogP contribution is -2.23. The van der Waals surface area contributed by atoms with Gasteiger partial charge in [0.2, 0.25) is 0 Å². The zero-order valence-electron chi connectivity index (χ0n) is 11.4. The highest BCUT2D eigenvalue weighted by molar-refractivity contribution is 5.90. The third-order valence-corrected chi connectivity index (χ3v) is 4.09. The van der Waals surface area contributed by atoms with E-state index in [0.717, 1.165) is 30.6 Å². The first-order valence-corrected chi connectivity index (χ1v) is 6.74. The first-order chi connectivity index (χ1) is 9.17. The van der Waals surface area contributed by atoms with Gasteiger partial charge in [0, 0.05) is 5.92 Å². The summed E-state index contributed by atoms with van der Waals surface area (Å²) in [4.78, 5) is 12.5. The van der Waals surface area contributed by atoms with Crippen LogP contribution in [0, 0.1) is 23.2 Å². The largest absolute Gasteiger partial charge is 0.497 e. The highest BCUT2D eigenvalue weighted by atomic mass is 16.5. The van der Waals surface area contributed by atoms with E-state index in [4.69, 9.17) is 4.74 Å². The first-order valence-electron chi connectivity index (χ1n) is 6.74. The lowest BCUT2D eigenvalue weighted by atomic mass is 9.83. The predicted octanol–water partition coefficient (Wildman–Crippen LogP) is 3.31. The Hall–Kier alpha value is -1.82. The van der Waals surface area contributed by atoms with Crippen LogP contribution in [0.2, 0.25) is 0 Å². The summed E-state index contributed by atoms with van der Waals surface area (Å²) in [6.45, 7) is 2.11. The lowest BCUT2D eigenvalue weighted by Gasteiger charge is -2.17. The quantitative estimate of drug-likeness (QED) is 0.831. The van der Waals surface area contributed by atoms with Gasteiger partial charge in [-0.1, -0.05) is 25.5 Å². The van der Waals surface area contributed by atoms with Crippen molar-refractivity contribution in [2.75, 3.05) is 7.11 Å². The number of methoxy groups -OCH3 is 1. The molecule has 3 unspecified atom stereocenters. The molecule has 1 aromatic carbocycles. The number of carbonyl (C=O) groups excluding carboxylic acids is 1. The summed E-state index contributed by atoms with van der Waals surface area (Å²) in [5.41, 5.74) is 0.771. The van der Waals surface area contributed by atoms with Gasteiger partial charge in [-0.25, -0.2) is 0 Å². The van der Waals surface area contributed by atoms with Gasteiger partial charge in [-0.05, 0) is 36.5 Å². The second-order valence-corrected chi connectivity index (χ2v) is 5.25. The van der Waals surface area contributed by atoms with Crippen LogP contribution in [0.5, 0.6) is 5.75 Å². The number of hydrogen-bond donors (Lipinski definition) is 0. The Morgan fingerprint density at radius 2 is 2.05 bits per heavy atom. The number of ketones is 1. The molecule has 0 aromatic heterocycles. The monoisotopic (exact) mass is 257 g/mol. The first kappa shape index (κ1) is 13.6. The molecule has 1 saturated carbocycles. The zero-order chi connectivity index (χ0) is 13.8. The van der Waals surface area contributed by atoms with Crippen LogP contribution < -0.4 is 4.74 Å². The summed E-state index contributed by atoms with van der Waals surface area (Å²) >= 11 is 0. The molecule has 0 amide bonds. The maximum absolute atomic E-state index is 12.5. The fourth-order valence-corrected chi connectivity index (χ4v) is 2.88. The van der Waals surface area contributed by atoms with Crippen molar-refractivity contribution in [3.8, 4) is 11.8 Å². The van der Waals surface area contributed by atoms with Crippen molar-refractivity contribution in [1.82, 2.24) is 0 Å². The molecule has 100 valence electrons. The highest BCUT2D eigenvalue weighted by Gasteiger charge is 2.34. The SMILES string of the molecule is COc1ccc(C(C#N)C(=O)C2CCCC2C)cc1. The summed E-state index contributed by atoms with van der Waals surface area (Å²) in [7, 11) is 1.60. The maximum atomic E-state index is 12.5. The van der Waals surface area contributed by atoms with E-state index in [1.165, 1.54) is 0 Å². The van der Waals surface area contributed by atoms with Crippen LogP contribution in [0.3, 0.4) is 0 Å². The van der Waals surface area contributed by atoms with Gasteiger partial charge in [0.1, 0.15) is 11.7 Å². The van der Waals surface area contributed by atoms with E-state index in [1.807, 2.05) is 12.1 Å². The third kappa shape index (κ3) is 2.78. The Morgan fingerprint density at radius 3 is 2.53 bits per heavy atom. The maximum Gasteiger partial charge on any atom is 0.157 e. The normalized spacial score (nSPS) is 23.6. The van der Waals surface area contributed by atoms with Crippen molar-refractivity contribution in [2.24, 2.45) is 11.8 Å². The standard InChI is InChI=1S/C16H19NO2/c1-11-4-3-5-14(11)16(18)15(10-17)12-6-8-13(19-2)9-7-12/h6-9,11,14-15H,3-5H2,1-2H3. The molecule has 2 rings (SSSR count). The molecular weight excluding hydrogens is 238 g/mol. The lowest BCUT2D eigenvalue weighted by molar-refractivity contribution is -0.124. The summed E-state index contributed by atoms with van der Waals surface area (Å²) in [6.07, 6.45) is 3.11. The van der Waals surface area contributed by atoms with Gasteiger partial charge < -0.3 is 4.74 Å². The smallest absolute Gasteiger partial charge is 0.157 e. The molecular formula is C16H19NO2. The third-order valence-electron chi connectivity index (χ3n) is 4.09. The predicted molar refractivity (Wildman–Crippen MR) is 72.9 cm³/mol. The summed E-state index contributed by atoms with van der Waals surface area (Å²) in [5, 5.41) is 9.32. The van der Waals surface area contributed by atoms with Crippen LogP contribution in [0.4, 0.5) is 0 Å². The molecule has 3 heteroatoms. The molecule has 1 aliphatic carbocycles. The van der Waals surface area contributed by atoms with Gasteiger partial charge in [-0.3, -0.25) is 4.79 Å². The number of benzene rings is 1. The van der Waals surface area contributed by atoms with E-state index in [0.29, 0.717) is 5.92 Å². The number of Topliss-reactive ketones (excluding diaryl/α,β-unsaturated/α-hetero) is 1. The van der Waals surface area contributed by atoms with E-state index in [1.54, 1.807) is 19.2 Å². The Labute approximate surface area is 114 Å². The van der Waals surface area contributed by atoms with Gasteiger partial charge in [-0.15, -0.1) is 0 Å². The second kappa shape index (κ2) is 5.88. The van der Waals surface area contributed by atoms with Crippen LogP contribution in [0.1, 0.15) is 37.7 Å². The van der Waals surface area contributed by atoms with Crippen LogP contribution in [-0.2, 0) is 4.79 Å². The van der Waals surface area contributed by atoms with E-state index in [9.17, 15) is 10.1 Å². The minimum absolute atomic E-state index is 0.0479. The molecule has 3 atom stereocenters. The van der Waals surface area contributed by atoms with Crippen molar-refractivity contribution in [3.63, 3.8) is 0 Å². The Kier molecular flexibility index (Phi) is 4.21. The average molecular weight is 257 g/mol. The summed E-state index contributed by atoms with van der Waals surface area (Å²) < 4.78 is 5.09. The highest BCUT2D eigenvalue weighted by Crippen LogP contribution is 2.35. The number of hydrogen-bond acceptors (Lipinski definition) is 3. The fraction of sp³-hybridized carbons (Fsp3) is 0.500. The molecule has 0 bridgehead atoms. The molecule has 0 heterocycles. The number of nitrogens with zero attached hydrogens (tertiary/aromatic N) is 1. The number of ether oxygens (including phenoxy) is 1. The van der Waals surface area contributed by atoms with E-state index >= 15 is 0 Å². The Morgan fingerprint density at radius 1 is 1.37 bits per heavy atom. The summed E-state index contributed by atoms with van der Waals surface area (Å²) in [6, 6.07) is 9.38. The van der Waals surface area contributed by atoms with Gasteiger partial charge in [0.15, 0.2) is 5.78 Å². The Balaban J connectivity index is 2.19. The number of carbonyl (C=O) groups is 1. The molecule has 0 N–H and O–H groups in total. The zero-order valence-corrected chi connectivity index (χ0v) is 11.4. The van der Waals surface area contributed by atoms with E-state index in [2.05, 4.69) is 13.0 Å². The van der Waals surface area contributed by atoms with Crippen molar-refractivity contribution in [2.45, 2.75) is 32.1 Å². The second-order valence-electron chi connectivity index (χ2n) is 5.25. The topological polar surface area (TPSA) is 50.1 Å². The van der Waals surface area contributed by atoms with Gasteiger partial charge in [-0.2, -0.15) is 5.26 Å².